The van der Waals surface area contributed by atoms with Crippen molar-refractivity contribution in [2.45, 2.75) is 32.8 Å². The third kappa shape index (κ3) is 3.81. The Morgan fingerprint density at radius 3 is 2.25 bits per heavy atom. The number of nitrogens with one attached hydrogen (secondary N) is 1. The highest BCUT2D eigenvalue weighted by molar-refractivity contribution is 5.97. The Morgan fingerprint density at radius 2 is 1.80 bits per heavy atom. The lowest BCUT2D eigenvalue weighted by molar-refractivity contribution is -0.136. The first-order valence-corrected chi connectivity index (χ1v) is 6.60. The number of amides is 1. The first-order valence-electron chi connectivity index (χ1n) is 6.60. The highest BCUT2D eigenvalue weighted by Gasteiger charge is 2.30. The van der Waals surface area contributed by atoms with Crippen LogP contribution in [0.5, 0.6) is 0 Å². The van der Waals surface area contributed by atoms with Gasteiger partial charge in [-0.25, -0.2) is 4.79 Å². The summed E-state index contributed by atoms with van der Waals surface area (Å²) in [6.07, 6.45) is 0.566. The average Bonchev–Trinajstić information content (AvgIpc) is 2.47. The molecule has 20 heavy (non-hydrogen) atoms. The zero-order valence-electron chi connectivity index (χ0n) is 12.4. The van der Waals surface area contributed by atoms with Crippen LogP contribution in [0.15, 0.2) is 24.3 Å². The minimum absolute atomic E-state index is 0.216. The summed E-state index contributed by atoms with van der Waals surface area (Å²) in [4.78, 5) is 23.6. The van der Waals surface area contributed by atoms with Crippen LogP contribution in [-0.2, 0) is 14.3 Å². The van der Waals surface area contributed by atoms with Gasteiger partial charge in [0.15, 0.2) is 0 Å². The summed E-state index contributed by atoms with van der Waals surface area (Å²) in [5.74, 6) is -0.591. The molecule has 5 heteroatoms. The van der Waals surface area contributed by atoms with Gasteiger partial charge in [0.1, 0.15) is 5.60 Å². The van der Waals surface area contributed by atoms with Crippen molar-refractivity contribution in [3.8, 4) is 0 Å². The molecule has 0 saturated carbocycles. The van der Waals surface area contributed by atoms with Crippen molar-refractivity contribution in [1.29, 1.82) is 0 Å². The predicted molar refractivity (Wildman–Crippen MR) is 76.7 cm³/mol. The SMILES string of the molecule is CCOC(=O)c1ccc(NC(=O)C(C)(CC)OC)cc1. The van der Waals surface area contributed by atoms with Crippen LogP contribution < -0.4 is 5.32 Å². The predicted octanol–water partition coefficient (Wildman–Crippen LogP) is 2.62. The Balaban J connectivity index is 2.75. The maximum Gasteiger partial charge on any atom is 0.338 e. The standard InChI is InChI=1S/C15H21NO4/c1-5-15(3,19-4)14(18)16-12-9-7-11(8-10-12)13(17)20-6-2/h7-10H,5-6H2,1-4H3,(H,16,18). The van der Waals surface area contributed by atoms with Crippen molar-refractivity contribution in [2.75, 3.05) is 19.0 Å². The minimum Gasteiger partial charge on any atom is -0.462 e. The molecule has 0 aliphatic heterocycles. The number of methoxy groups -OCH3 is 1. The number of anilines is 1. The summed E-state index contributed by atoms with van der Waals surface area (Å²) in [5, 5.41) is 2.77. The molecule has 1 rings (SSSR count). The molecule has 110 valence electrons. The monoisotopic (exact) mass is 279 g/mol. The number of carbonyl (C=O) groups is 2. The van der Waals surface area contributed by atoms with Crippen LogP contribution in [0.1, 0.15) is 37.6 Å². The van der Waals surface area contributed by atoms with Gasteiger partial charge < -0.3 is 14.8 Å². The molecule has 1 aromatic rings. The van der Waals surface area contributed by atoms with Crippen molar-refractivity contribution < 1.29 is 19.1 Å². The van der Waals surface area contributed by atoms with E-state index in [-0.39, 0.29) is 11.9 Å². The Bertz CT molecular complexity index is 463. The van der Waals surface area contributed by atoms with E-state index in [0.717, 1.165) is 0 Å². The third-order valence-electron chi connectivity index (χ3n) is 3.26. The summed E-state index contributed by atoms with van der Waals surface area (Å²) < 4.78 is 10.1. The molecule has 0 radical (unpaired) electrons. The van der Waals surface area contributed by atoms with E-state index in [2.05, 4.69) is 5.32 Å². The fourth-order valence-corrected chi connectivity index (χ4v) is 1.56. The van der Waals surface area contributed by atoms with E-state index < -0.39 is 5.60 Å². The highest BCUT2D eigenvalue weighted by Crippen LogP contribution is 2.18. The van der Waals surface area contributed by atoms with Crippen LogP contribution in [0, 0.1) is 0 Å². The van der Waals surface area contributed by atoms with Crippen LogP contribution in [-0.4, -0.2) is 31.2 Å². The van der Waals surface area contributed by atoms with Crippen LogP contribution in [0.3, 0.4) is 0 Å². The van der Waals surface area contributed by atoms with Gasteiger partial charge >= 0.3 is 5.97 Å². The molecule has 0 fully saturated rings. The van der Waals surface area contributed by atoms with Crippen LogP contribution in [0.2, 0.25) is 0 Å². The van der Waals surface area contributed by atoms with Crippen molar-refractivity contribution in [2.24, 2.45) is 0 Å². The van der Waals surface area contributed by atoms with E-state index in [1.54, 1.807) is 38.1 Å². The number of rotatable bonds is 6. The second-order valence-corrected chi connectivity index (χ2v) is 4.54. The molecule has 0 spiro atoms. The van der Waals surface area contributed by atoms with Crippen LogP contribution in [0.25, 0.3) is 0 Å². The molecule has 0 aromatic heterocycles. The zero-order valence-corrected chi connectivity index (χ0v) is 12.4. The van der Waals surface area contributed by atoms with E-state index in [0.29, 0.717) is 24.3 Å². The molecule has 5 nitrogen and oxygen atoms in total. The normalized spacial score (nSPS) is 13.4. The van der Waals surface area contributed by atoms with Gasteiger partial charge in [0, 0.05) is 12.8 Å². The third-order valence-corrected chi connectivity index (χ3v) is 3.26. The molecule has 1 atom stereocenters. The number of benzene rings is 1. The van der Waals surface area contributed by atoms with E-state index in [9.17, 15) is 9.59 Å². The smallest absolute Gasteiger partial charge is 0.338 e. The molecule has 0 heterocycles. The number of hydrogen-bond acceptors (Lipinski definition) is 4. The lowest BCUT2D eigenvalue weighted by Crippen LogP contribution is -2.41. The summed E-state index contributed by atoms with van der Waals surface area (Å²) in [7, 11) is 1.51. The van der Waals surface area contributed by atoms with Gasteiger partial charge in [-0.05, 0) is 44.5 Å². The Labute approximate surface area is 119 Å². The summed E-state index contributed by atoms with van der Waals surface area (Å²) in [6.45, 7) is 5.70. The lowest BCUT2D eigenvalue weighted by atomic mass is 10.0. The number of hydrogen-bond donors (Lipinski definition) is 1. The van der Waals surface area contributed by atoms with Gasteiger partial charge in [-0.15, -0.1) is 0 Å². The lowest BCUT2D eigenvalue weighted by Gasteiger charge is -2.25. The molecule has 0 aliphatic rings. The Hall–Kier alpha value is -1.88. The van der Waals surface area contributed by atoms with Crippen molar-refractivity contribution in [3.63, 3.8) is 0 Å². The molecule has 1 unspecified atom stereocenters. The average molecular weight is 279 g/mol. The van der Waals surface area contributed by atoms with Gasteiger partial charge in [0.05, 0.1) is 12.2 Å². The van der Waals surface area contributed by atoms with E-state index in [1.807, 2.05) is 6.92 Å². The molecule has 0 saturated heterocycles. The van der Waals surface area contributed by atoms with Gasteiger partial charge in [0.2, 0.25) is 0 Å². The van der Waals surface area contributed by atoms with Crippen molar-refractivity contribution in [1.82, 2.24) is 0 Å². The van der Waals surface area contributed by atoms with Gasteiger partial charge in [-0.2, -0.15) is 0 Å². The zero-order chi connectivity index (χ0) is 15.2. The second-order valence-electron chi connectivity index (χ2n) is 4.54. The van der Waals surface area contributed by atoms with E-state index in [1.165, 1.54) is 7.11 Å². The molecule has 1 amide bonds. The fraction of sp³-hybridized carbons (Fsp3) is 0.467. The summed E-state index contributed by atoms with van der Waals surface area (Å²) in [6, 6.07) is 6.55. The maximum atomic E-state index is 12.1. The maximum absolute atomic E-state index is 12.1. The van der Waals surface area contributed by atoms with E-state index >= 15 is 0 Å². The second kappa shape index (κ2) is 7.05. The topological polar surface area (TPSA) is 64.6 Å². The Kier molecular flexibility index (Phi) is 5.70. The Morgan fingerprint density at radius 1 is 1.20 bits per heavy atom. The van der Waals surface area contributed by atoms with Crippen molar-refractivity contribution in [3.05, 3.63) is 29.8 Å². The molecule has 0 aliphatic carbocycles. The fourth-order valence-electron chi connectivity index (χ4n) is 1.56. The molecule has 1 aromatic carbocycles. The molecular weight excluding hydrogens is 258 g/mol. The van der Waals surface area contributed by atoms with Gasteiger partial charge in [0.25, 0.3) is 5.91 Å². The number of esters is 1. The minimum atomic E-state index is -0.861. The summed E-state index contributed by atoms with van der Waals surface area (Å²) >= 11 is 0. The van der Waals surface area contributed by atoms with Gasteiger partial charge in [-0.1, -0.05) is 6.92 Å². The molecule has 1 N–H and O–H groups in total. The quantitative estimate of drug-likeness (QED) is 0.813. The highest BCUT2D eigenvalue weighted by atomic mass is 16.5. The first kappa shape index (κ1) is 16.2. The number of ether oxygens (including phenoxy) is 2. The summed E-state index contributed by atoms with van der Waals surface area (Å²) in [5.41, 5.74) is 0.203. The van der Waals surface area contributed by atoms with E-state index in [4.69, 9.17) is 9.47 Å². The first-order chi connectivity index (χ1) is 9.46. The van der Waals surface area contributed by atoms with Crippen LogP contribution >= 0.6 is 0 Å². The van der Waals surface area contributed by atoms with Crippen molar-refractivity contribution >= 4 is 17.6 Å². The molecule has 0 bridgehead atoms. The van der Waals surface area contributed by atoms with Gasteiger partial charge in [-0.3, -0.25) is 4.79 Å². The largest absolute Gasteiger partial charge is 0.462 e. The molecular formula is C15H21NO4. The van der Waals surface area contributed by atoms with Crippen LogP contribution in [0.4, 0.5) is 5.69 Å². The number of carbonyl (C=O) groups excluding carboxylic acids is 2.